The van der Waals surface area contributed by atoms with Crippen LogP contribution < -0.4 is 19.3 Å². The number of aromatic nitrogens is 2. The lowest BCUT2D eigenvalue weighted by Crippen LogP contribution is -2.30. The highest BCUT2D eigenvalue weighted by Crippen LogP contribution is 2.29. The van der Waals surface area contributed by atoms with Gasteiger partial charge in [0.15, 0.2) is 23.5 Å². The quantitative estimate of drug-likeness (QED) is 0.146. The lowest BCUT2D eigenvalue weighted by molar-refractivity contribution is -0.120. The van der Waals surface area contributed by atoms with Gasteiger partial charge in [0.1, 0.15) is 23.1 Å². The Balaban J connectivity index is 0.000000185. The van der Waals surface area contributed by atoms with Gasteiger partial charge in [-0.2, -0.15) is 0 Å². The largest absolute Gasteiger partial charge is 0.484 e. The second-order valence-electron chi connectivity index (χ2n) is 9.74. The third-order valence-electron chi connectivity index (χ3n) is 6.38. The topological polar surface area (TPSA) is 84.9 Å². The molecular formula is C35H28F2N4O4S2. The Bertz CT molecular complexity index is 1840. The minimum Gasteiger partial charge on any atom is -0.484 e. The maximum absolute atomic E-state index is 13.2. The Morgan fingerprint density at radius 3 is 1.45 bits per heavy atom. The summed E-state index contributed by atoms with van der Waals surface area (Å²) in [5, 5.41) is 4.58. The van der Waals surface area contributed by atoms with E-state index in [2.05, 4.69) is 9.97 Å². The minimum atomic E-state index is -0.360. The zero-order valence-electron chi connectivity index (χ0n) is 25.0. The highest BCUT2D eigenvalue weighted by Gasteiger charge is 2.22. The second kappa shape index (κ2) is 16.2. The summed E-state index contributed by atoms with van der Waals surface area (Å²) in [4.78, 5) is 36.4. The second-order valence-corrected chi connectivity index (χ2v) is 11.5. The molecule has 0 spiro atoms. The number of para-hydroxylation sites is 1. The summed E-state index contributed by atoms with van der Waals surface area (Å²) in [6, 6.07) is 27.9. The number of hydrogen-bond acceptors (Lipinski definition) is 8. The molecule has 0 unspecified atom stereocenters. The molecule has 8 nitrogen and oxygen atoms in total. The first-order chi connectivity index (χ1) is 22.9. The summed E-state index contributed by atoms with van der Waals surface area (Å²) in [6.07, 6.45) is 3.23. The number of carbonyl (C=O) groups is 2. The van der Waals surface area contributed by atoms with Crippen molar-refractivity contribution in [2.45, 2.75) is 6.92 Å². The summed E-state index contributed by atoms with van der Waals surface area (Å²) >= 11 is 2.65. The third-order valence-corrected chi connectivity index (χ3v) is 7.89. The first-order valence-corrected chi connectivity index (χ1v) is 16.0. The number of benzene rings is 4. The van der Waals surface area contributed by atoms with Crippen molar-refractivity contribution in [1.29, 1.82) is 0 Å². The molecule has 0 aliphatic carbocycles. The monoisotopic (exact) mass is 670 g/mol. The van der Waals surface area contributed by atoms with Gasteiger partial charge in [-0.1, -0.05) is 35.9 Å². The van der Waals surface area contributed by atoms with Crippen LogP contribution in [0.5, 0.6) is 11.5 Å². The van der Waals surface area contributed by atoms with Gasteiger partial charge < -0.3 is 9.47 Å². The lowest BCUT2D eigenvalue weighted by Gasteiger charge is -2.20. The van der Waals surface area contributed by atoms with Crippen LogP contribution in [0.1, 0.15) is 5.56 Å². The van der Waals surface area contributed by atoms with E-state index in [1.54, 1.807) is 47.4 Å². The Kier molecular flexibility index (Phi) is 11.3. The Hall–Kier alpha value is -5.46. The molecular weight excluding hydrogens is 643 g/mol. The zero-order valence-corrected chi connectivity index (χ0v) is 26.7. The molecule has 0 aliphatic heterocycles. The molecule has 0 N–H and O–H groups in total. The molecule has 12 heteroatoms. The zero-order chi connectivity index (χ0) is 33.0. The molecule has 4 aromatic carbocycles. The molecule has 6 rings (SSSR count). The summed E-state index contributed by atoms with van der Waals surface area (Å²) in [5.74, 6) is -0.0549. The summed E-state index contributed by atoms with van der Waals surface area (Å²) in [6.45, 7) is 1.70. The molecule has 47 heavy (non-hydrogen) atoms. The molecule has 0 atom stereocenters. The average Bonchev–Trinajstić information content (AvgIpc) is 3.82. The van der Waals surface area contributed by atoms with Crippen molar-refractivity contribution in [2.75, 3.05) is 23.0 Å². The van der Waals surface area contributed by atoms with Gasteiger partial charge in [0.2, 0.25) is 0 Å². The molecule has 238 valence electrons. The smallest absolute Gasteiger partial charge is 0.271 e. The molecule has 0 aliphatic rings. The predicted octanol–water partition coefficient (Wildman–Crippen LogP) is 8.36. The van der Waals surface area contributed by atoms with Gasteiger partial charge in [-0.15, -0.1) is 22.7 Å². The van der Waals surface area contributed by atoms with E-state index in [0.717, 1.165) is 5.56 Å². The Morgan fingerprint density at radius 2 is 1.04 bits per heavy atom. The number of aryl methyl sites for hydroxylation is 1. The Labute approximate surface area is 278 Å². The normalized spacial score (nSPS) is 10.4. The highest BCUT2D eigenvalue weighted by molar-refractivity contribution is 7.14. The van der Waals surface area contributed by atoms with E-state index in [4.69, 9.17) is 9.47 Å². The number of carbonyl (C=O) groups excluding carboxylic acids is 2. The predicted molar refractivity (Wildman–Crippen MR) is 180 cm³/mol. The van der Waals surface area contributed by atoms with Crippen molar-refractivity contribution in [1.82, 2.24) is 9.97 Å². The first-order valence-electron chi connectivity index (χ1n) is 14.2. The van der Waals surface area contributed by atoms with Crippen LogP contribution in [0.15, 0.2) is 126 Å². The molecule has 0 saturated carbocycles. The molecule has 0 radical (unpaired) electrons. The van der Waals surface area contributed by atoms with Crippen molar-refractivity contribution in [3.8, 4) is 11.5 Å². The van der Waals surface area contributed by atoms with Gasteiger partial charge in [0.05, 0.1) is 11.4 Å². The van der Waals surface area contributed by atoms with Crippen molar-refractivity contribution in [3.63, 3.8) is 0 Å². The molecule has 2 aromatic heterocycles. The van der Waals surface area contributed by atoms with Gasteiger partial charge in [-0.05, 0) is 79.7 Å². The van der Waals surface area contributed by atoms with Crippen molar-refractivity contribution < 1.29 is 27.8 Å². The lowest BCUT2D eigenvalue weighted by atomic mass is 10.2. The number of nitrogens with zero attached hydrogens (tertiary/aromatic N) is 4. The number of hydrogen-bond donors (Lipinski definition) is 0. The van der Waals surface area contributed by atoms with Gasteiger partial charge in [-0.3, -0.25) is 19.4 Å². The maximum atomic E-state index is 13.2. The number of thiazole rings is 2. The van der Waals surface area contributed by atoms with Crippen LogP contribution in [0, 0.1) is 18.6 Å². The van der Waals surface area contributed by atoms with Crippen LogP contribution in [0.3, 0.4) is 0 Å². The molecule has 0 bridgehead atoms. The SMILES string of the molecule is Cc1ccc(OCC(=O)N(c2ccc(F)cc2)c2nccs2)cc1.O=C(COc1ccccc1)N(c1ccc(F)cc1)c1nccs1. The van der Waals surface area contributed by atoms with E-state index < -0.39 is 0 Å². The van der Waals surface area contributed by atoms with Gasteiger partial charge in [-0.25, -0.2) is 18.7 Å². The molecule has 6 aromatic rings. The van der Waals surface area contributed by atoms with E-state index in [9.17, 15) is 18.4 Å². The van der Waals surface area contributed by atoms with Crippen LogP contribution in [-0.2, 0) is 9.59 Å². The maximum Gasteiger partial charge on any atom is 0.271 e. The number of ether oxygens (including phenoxy) is 2. The minimum absolute atomic E-state index is 0.138. The molecule has 0 fully saturated rings. The van der Waals surface area contributed by atoms with Crippen LogP contribution in [-0.4, -0.2) is 35.0 Å². The summed E-state index contributed by atoms with van der Waals surface area (Å²) in [5.41, 5.74) is 2.20. The van der Waals surface area contributed by atoms with E-state index in [-0.39, 0.29) is 36.7 Å². The highest BCUT2D eigenvalue weighted by atomic mass is 32.1. The first kappa shape index (κ1) is 32.9. The standard InChI is InChI=1S/C18H15FN2O2S.C17H13FN2O2S/c1-13-2-8-16(9-3-13)23-12-17(22)21(18-20-10-11-24-18)15-6-4-14(19)5-7-15;18-13-6-8-14(9-7-13)20(17-19-10-11-23-17)16(21)12-22-15-4-2-1-3-5-15/h2-11H,12H2,1H3;1-11H,12H2. The van der Waals surface area contributed by atoms with Crippen LogP contribution in [0.25, 0.3) is 0 Å². The fourth-order valence-electron chi connectivity index (χ4n) is 4.13. The van der Waals surface area contributed by atoms with Crippen LogP contribution in [0.2, 0.25) is 0 Å². The Morgan fingerprint density at radius 1 is 0.617 bits per heavy atom. The number of halogens is 2. The summed E-state index contributed by atoms with van der Waals surface area (Å²) < 4.78 is 37.3. The van der Waals surface area contributed by atoms with Gasteiger partial charge >= 0.3 is 0 Å². The molecule has 2 heterocycles. The van der Waals surface area contributed by atoms with Crippen molar-refractivity contribution in [3.05, 3.63) is 143 Å². The third kappa shape index (κ3) is 9.28. The van der Waals surface area contributed by atoms with Gasteiger partial charge in [0.25, 0.3) is 11.8 Å². The van der Waals surface area contributed by atoms with Crippen LogP contribution >= 0.6 is 22.7 Å². The van der Waals surface area contributed by atoms with E-state index >= 15 is 0 Å². The average molecular weight is 671 g/mol. The fraction of sp³-hybridized carbons (Fsp3) is 0.0857. The molecule has 2 amide bonds. The number of anilines is 4. The number of amides is 2. The van der Waals surface area contributed by atoms with Crippen molar-refractivity contribution in [2.24, 2.45) is 0 Å². The molecule has 0 saturated heterocycles. The van der Waals surface area contributed by atoms with Crippen molar-refractivity contribution >= 4 is 56.1 Å². The van der Waals surface area contributed by atoms with E-state index in [0.29, 0.717) is 33.1 Å². The van der Waals surface area contributed by atoms with E-state index in [1.807, 2.05) is 49.4 Å². The van der Waals surface area contributed by atoms with Crippen LogP contribution in [0.4, 0.5) is 30.4 Å². The number of rotatable bonds is 10. The van der Waals surface area contributed by atoms with Gasteiger partial charge in [0, 0.05) is 23.2 Å². The fourth-order valence-corrected chi connectivity index (χ4v) is 5.48. The van der Waals surface area contributed by atoms with E-state index in [1.165, 1.54) is 68.9 Å². The summed E-state index contributed by atoms with van der Waals surface area (Å²) in [7, 11) is 0.